The fourth-order valence-corrected chi connectivity index (χ4v) is 4.43. The number of aliphatic carboxylic acids is 1. The summed E-state index contributed by atoms with van der Waals surface area (Å²) in [7, 11) is 3.12. The molecule has 0 saturated heterocycles. The molecule has 0 saturated carbocycles. The third-order valence-electron chi connectivity index (χ3n) is 5.71. The number of benzene rings is 2. The Morgan fingerprint density at radius 1 is 1.00 bits per heavy atom. The van der Waals surface area contributed by atoms with E-state index in [9.17, 15) is 9.90 Å². The van der Waals surface area contributed by atoms with E-state index in [1.807, 2.05) is 42.5 Å². The number of methoxy groups -OCH3 is 2. The van der Waals surface area contributed by atoms with Crippen LogP contribution in [0.4, 0.5) is 0 Å². The number of rotatable bonds is 10. The van der Waals surface area contributed by atoms with Crippen LogP contribution in [0.25, 0.3) is 11.6 Å². The molecular weight excluding hydrogens is 485 g/mol. The van der Waals surface area contributed by atoms with Crippen molar-refractivity contribution in [2.75, 3.05) is 14.2 Å². The molecule has 0 fully saturated rings. The summed E-state index contributed by atoms with van der Waals surface area (Å²) in [5.74, 6) is -0.0638. The topological polar surface area (TPSA) is 68.7 Å². The zero-order valence-electron chi connectivity index (χ0n) is 20.2. The Bertz CT molecular complexity index is 1190. The van der Waals surface area contributed by atoms with Crippen LogP contribution in [-0.2, 0) is 11.2 Å². The molecule has 0 bridgehead atoms. The average Bonchev–Trinajstić information content (AvgIpc) is 2.83. The molecule has 0 radical (unpaired) electrons. The number of halogens is 2. The first-order valence-electron chi connectivity index (χ1n) is 11.3. The molecule has 7 heteroatoms. The van der Waals surface area contributed by atoms with Gasteiger partial charge in [0, 0.05) is 18.0 Å². The Labute approximate surface area is 216 Å². The lowest BCUT2D eigenvalue weighted by Gasteiger charge is -2.18. The highest BCUT2D eigenvalue weighted by Crippen LogP contribution is 2.37. The largest absolute Gasteiger partial charge is 0.493 e. The third kappa shape index (κ3) is 6.77. The number of carbonyl (C=O) groups is 1. The highest BCUT2D eigenvalue weighted by molar-refractivity contribution is 6.37. The Kier molecular flexibility index (Phi) is 9.19. The molecule has 3 rings (SSSR count). The average molecular weight is 514 g/mol. The Morgan fingerprint density at radius 2 is 1.63 bits per heavy atom. The van der Waals surface area contributed by atoms with Gasteiger partial charge in [-0.1, -0.05) is 67.4 Å². The van der Waals surface area contributed by atoms with Crippen LogP contribution in [0.15, 0.2) is 54.9 Å². The van der Waals surface area contributed by atoms with Gasteiger partial charge in [-0.3, -0.25) is 9.78 Å². The Morgan fingerprint density at radius 3 is 2.17 bits per heavy atom. The molecule has 35 heavy (non-hydrogen) atoms. The molecule has 3 aromatic rings. The lowest BCUT2D eigenvalue weighted by atomic mass is 9.87. The first-order valence-corrected chi connectivity index (χ1v) is 12.0. The first-order chi connectivity index (χ1) is 16.7. The fraction of sp³-hybridized carbons (Fsp3) is 0.286. The van der Waals surface area contributed by atoms with Gasteiger partial charge in [0.2, 0.25) is 0 Å². The summed E-state index contributed by atoms with van der Waals surface area (Å²) >= 11 is 12.8. The van der Waals surface area contributed by atoms with Crippen molar-refractivity contribution in [1.29, 1.82) is 0 Å². The number of ether oxygens (including phenoxy) is 2. The molecule has 2 aromatic carbocycles. The lowest BCUT2D eigenvalue weighted by Crippen LogP contribution is -2.12. The normalized spacial score (nSPS) is 12.5. The molecular formula is C28H29Cl2NO4. The summed E-state index contributed by atoms with van der Waals surface area (Å²) in [5.41, 5.74) is 3.99. The molecule has 0 spiro atoms. The summed E-state index contributed by atoms with van der Waals surface area (Å²) in [5, 5.41) is 10.9. The SMILES string of the molecule is COc1ccc(/C(=C\c2c(Cl)cncc2Cl)C[C@H](C(=O)O)c2ccc(CC(C)C)cc2)cc1OC. The van der Waals surface area contributed by atoms with Gasteiger partial charge in [-0.05, 0) is 59.2 Å². The van der Waals surface area contributed by atoms with Crippen LogP contribution in [0.2, 0.25) is 10.0 Å². The predicted octanol–water partition coefficient (Wildman–Crippen LogP) is 7.40. The monoisotopic (exact) mass is 513 g/mol. The van der Waals surface area contributed by atoms with Gasteiger partial charge in [0.15, 0.2) is 11.5 Å². The number of carboxylic acid groups (broad SMARTS) is 1. The van der Waals surface area contributed by atoms with Gasteiger partial charge in [0.05, 0.1) is 30.2 Å². The van der Waals surface area contributed by atoms with Gasteiger partial charge in [0.1, 0.15) is 0 Å². The Balaban J connectivity index is 2.09. The van der Waals surface area contributed by atoms with E-state index in [-0.39, 0.29) is 6.42 Å². The fourth-order valence-electron chi connectivity index (χ4n) is 3.95. The number of hydrogen-bond donors (Lipinski definition) is 1. The summed E-state index contributed by atoms with van der Waals surface area (Å²) in [4.78, 5) is 16.4. The van der Waals surface area contributed by atoms with Gasteiger partial charge < -0.3 is 14.6 Å². The minimum absolute atomic E-state index is 0.212. The molecule has 0 aliphatic heterocycles. The standard InChI is InChI=1S/C28H29Cl2NO4/c1-17(2)11-18-5-7-19(8-6-18)22(28(32)33)12-21(13-23-24(29)15-31-16-25(23)30)20-9-10-26(34-3)27(14-20)35-4/h5-10,13-17,22H,11-12H2,1-4H3,(H,32,33)/b21-13-/t22-/m0/s1. The number of carboxylic acids is 1. The molecule has 1 aromatic heterocycles. The van der Waals surface area contributed by atoms with Crippen LogP contribution in [0.5, 0.6) is 11.5 Å². The van der Waals surface area contributed by atoms with Gasteiger partial charge in [0.25, 0.3) is 0 Å². The quantitative estimate of drug-likeness (QED) is 0.305. The van der Waals surface area contributed by atoms with Crippen LogP contribution in [0.3, 0.4) is 0 Å². The summed E-state index contributed by atoms with van der Waals surface area (Å²) < 4.78 is 10.8. The van der Waals surface area contributed by atoms with Crippen molar-refractivity contribution in [2.45, 2.75) is 32.6 Å². The van der Waals surface area contributed by atoms with E-state index in [2.05, 4.69) is 18.8 Å². The molecule has 184 valence electrons. The molecule has 5 nitrogen and oxygen atoms in total. The van der Waals surface area contributed by atoms with E-state index in [0.717, 1.165) is 23.1 Å². The van der Waals surface area contributed by atoms with Crippen molar-refractivity contribution in [3.8, 4) is 11.5 Å². The maximum absolute atomic E-state index is 12.4. The van der Waals surface area contributed by atoms with E-state index in [0.29, 0.717) is 33.0 Å². The second-order valence-electron chi connectivity index (χ2n) is 8.69. The number of pyridine rings is 1. The minimum atomic E-state index is -0.917. The van der Waals surface area contributed by atoms with Crippen LogP contribution in [0, 0.1) is 5.92 Å². The molecule has 1 atom stereocenters. The van der Waals surface area contributed by atoms with Gasteiger partial charge in [-0.15, -0.1) is 0 Å². The van der Waals surface area contributed by atoms with Crippen LogP contribution >= 0.6 is 23.2 Å². The summed E-state index contributed by atoms with van der Waals surface area (Å²) in [6.07, 6.45) is 5.98. The van der Waals surface area contributed by atoms with Gasteiger partial charge in [-0.25, -0.2) is 0 Å². The van der Waals surface area contributed by atoms with Gasteiger partial charge >= 0.3 is 5.97 Å². The van der Waals surface area contributed by atoms with E-state index in [1.165, 1.54) is 18.0 Å². The number of aromatic nitrogens is 1. The van der Waals surface area contributed by atoms with E-state index >= 15 is 0 Å². The molecule has 1 N–H and O–H groups in total. The van der Waals surface area contributed by atoms with E-state index in [1.54, 1.807) is 20.3 Å². The number of allylic oxidation sites excluding steroid dienone is 1. The summed E-state index contributed by atoms with van der Waals surface area (Å²) in [6, 6.07) is 13.3. The van der Waals surface area contributed by atoms with E-state index < -0.39 is 11.9 Å². The number of nitrogens with zero attached hydrogens (tertiary/aromatic N) is 1. The van der Waals surface area contributed by atoms with Crippen molar-refractivity contribution in [3.05, 3.63) is 87.2 Å². The van der Waals surface area contributed by atoms with Crippen molar-refractivity contribution in [3.63, 3.8) is 0 Å². The van der Waals surface area contributed by atoms with Crippen LogP contribution < -0.4 is 9.47 Å². The molecule has 0 unspecified atom stereocenters. The molecule has 0 aliphatic carbocycles. The highest BCUT2D eigenvalue weighted by atomic mass is 35.5. The van der Waals surface area contributed by atoms with E-state index in [4.69, 9.17) is 32.7 Å². The van der Waals surface area contributed by atoms with Crippen molar-refractivity contribution >= 4 is 40.8 Å². The van der Waals surface area contributed by atoms with Crippen LogP contribution in [0.1, 0.15) is 48.4 Å². The predicted molar refractivity (Wildman–Crippen MR) is 142 cm³/mol. The zero-order chi connectivity index (χ0) is 25.5. The molecule has 0 amide bonds. The lowest BCUT2D eigenvalue weighted by molar-refractivity contribution is -0.138. The molecule has 1 heterocycles. The van der Waals surface area contributed by atoms with Crippen molar-refractivity contribution < 1.29 is 19.4 Å². The second kappa shape index (κ2) is 12.1. The van der Waals surface area contributed by atoms with Crippen molar-refractivity contribution in [2.24, 2.45) is 5.92 Å². The zero-order valence-corrected chi connectivity index (χ0v) is 21.7. The third-order valence-corrected chi connectivity index (χ3v) is 6.31. The van der Waals surface area contributed by atoms with Gasteiger partial charge in [-0.2, -0.15) is 0 Å². The van der Waals surface area contributed by atoms with Crippen LogP contribution in [-0.4, -0.2) is 30.3 Å². The first kappa shape index (κ1) is 26.6. The smallest absolute Gasteiger partial charge is 0.311 e. The maximum atomic E-state index is 12.4. The highest BCUT2D eigenvalue weighted by Gasteiger charge is 2.23. The Hall–Kier alpha value is -3.02. The molecule has 0 aliphatic rings. The second-order valence-corrected chi connectivity index (χ2v) is 9.51. The van der Waals surface area contributed by atoms with Crippen molar-refractivity contribution in [1.82, 2.24) is 4.98 Å². The maximum Gasteiger partial charge on any atom is 0.311 e. The summed E-state index contributed by atoms with van der Waals surface area (Å²) in [6.45, 7) is 4.31. The minimum Gasteiger partial charge on any atom is -0.493 e. The number of hydrogen-bond acceptors (Lipinski definition) is 4.